The van der Waals surface area contributed by atoms with Crippen LogP contribution in [-0.2, 0) is 11.2 Å². The Morgan fingerprint density at radius 2 is 1.48 bits per heavy atom. The van der Waals surface area contributed by atoms with Gasteiger partial charge in [-0.3, -0.25) is 4.79 Å². The second kappa shape index (κ2) is 9.98. The zero-order valence-corrected chi connectivity index (χ0v) is 18.1. The van der Waals surface area contributed by atoms with Crippen LogP contribution in [0.5, 0.6) is 17.2 Å². The van der Waals surface area contributed by atoms with Crippen molar-refractivity contribution in [3.63, 3.8) is 0 Å². The summed E-state index contributed by atoms with van der Waals surface area (Å²) in [6.45, 7) is 6.17. The van der Waals surface area contributed by atoms with Crippen molar-refractivity contribution in [3.8, 4) is 17.2 Å². The molecule has 0 aliphatic rings. The number of hydrogen-bond donors (Lipinski definition) is 2. The Morgan fingerprint density at radius 1 is 0.839 bits per heavy atom. The highest BCUT2D eigenvalue weighted by Crippen LogP contribution is 2.26. The van der Waals surface area contributed by atoms with E-state index < -0.39 is 5.92 Å². The topological polar surface area (TPSA) is 66.8 Å². The van der Waals surface area contributed by atoms with Gasteiger partial charge in [0.15, 0.2) is 0 Å². The van der Waals surface area contributed by atoms with Crippen molar-refractivity contribution in [2.75, 3.05) is 0 Å². The zero-order valence-electron chi connectivity index (χ0n) is 18.1. The fourth-order valence-corrected chi connectivity index (χ4v) is 3.29. The molecule has 0 fully saturated rings. The lowest BCUT2D eigenvalue weighted by molar-refractivity contribution is -0.135. The van der Waals surface area contributed by atoms with Crippen molar-refractivity contribution >= 4 is 18.1 Å². The highest BCUT2D eigenvalue weighted by Gasteiger charge is 2.18. The molecule has 0 unspecified atom stereocenters. The quantitative estimate of drug-likeness (QED) is 0.274. The third-order valence-corrected chi connectivity index (χ3v) is 4.97. The Kier molecular flexibility index (Phi) is 7.14. The van der Waals surface area contributed by atoms with Crippen LogP contribution in [0.2, 0.25) is 0 Å². The van der Waals surface area contributed by atoms with E-state index in [2.05, 4.69) is 26.0 Å². The Bertz CT molecular complexity index is 1050. The summed E-state index contributed by atoms with van der Waals surface area (Å²) in [5.41, 5.74) is 3.73. The molecule has 0 aromatic heterocycles. The second-order valence-electron chi connectivity index (χ2n) is 8.17. The van der Waals surface area contributed by atoms with E-state index in [9.17, 15) is 15.0 Å². The molecule has 0 radical (unpaired) electrons. The number of aromatic hydroxyl groups is 2. The zero-order chi connectivity index (χ0) is 22.4. The predicted octanol–water partition coefficient (Wildman–Crippen LogP) is 6.18. The molecule has 0 saturated heterocycles. The molecule has 4 nitrogen and oxygen atoms in total. The number of esters is 1. The van der Waals surface area contributed by atoms with Crippen LogP contribution in [0.25, 0.3) is 12.2 Å². The van der Waals surface area contributed by atoms with Gasteiger partial charge < -0.3 is 14.9 Å². The van der Waals surface area contributed by atoms with Crippen molar-refractivity contribution < 1.29 is 19.7 Å². The van der Waals surface area contributed by atoms with Crippen molar-refractivity contribution in [2.45, 2.75) is 33.1 Å². The highest BCUT2D eigenvalue weighted by molar-refractivity contribution is 5.80. The Morgan fingerprint density at radius 3 is 2.13 bits per heavy atom. The van der Waals surface area contributed by atoms with Crippen molar-refractivity contribution in [1.82, 2.24) is 0 Å². The minimum absolute atomic E-state index is 0.0151. The van der Waals surface area contributed by atoms with Crippen molar-refractivity contribution in [2.24, 2.45) is 5.92 Å². The average molecular weight is 417 g/mol. The van der Waals surface area contributed by atoms with Crippen LogP contribution in [0.4, 0.5) is 0 Å². The van der Waals surface area contributed by atoms with Crippen LogP contribution in [0.3, 0.4) is 0 Å². The maximum atomic E-state index is 12.7. The first-order valence-corrected chi connectivity index (χ1v) is 10.4. The number of rotatable bonds is 7. The minimum atomic E-state index is -0.425. The van der Waals surface area contributed by atoms with Gasteiger partial charge in [0.1, 0.15) is 17.2 Å². The molecular formula is C27H28O4. The molecule has 0 saturated carbocycles. The molecule has 3 aromatic carbocycles. The first-order valence-electron chi connectivity index (χ1n) is 10.4. The van der Waals surface area contributed by atoms with Crippen LogP contribution in [0.1, 0.15) is 48.9 Å². The molecule has 160 valence electrons. The van der Waals surface area contributed by atoms with Crippen LogP contribution >= 0.6 is 0 Å². The number of phenols is 2. The molecule has 0 heterocycles. The van der Waals surface area contributed by atoms with Gasteiger partial charge >= 0.3 is 5.97 Å². The fourth-order valence-electron chi connectivity index (χ4n) is 3.29. The fraction of sp³-hybridized carbons (Fsp3) is 0.222. The first kappa shape index (κ1) is 22.2. The lowest BCUT2D eigenvalue weighted by atomic mass is 9.97. The Labute approximate surface area is 183 Å². The molecule has 0 bridgehead atoms. The summed E-state index contributed by atoms with van der Waals surface area (Å²) < 4.78 is 5.55. The van der Waals surface area contributed by atoms with Gasteiger partial charge in [-0.05, 0) is 65.8 Å². The van der Waals surface area contributed by atoms with E-state index in [4.69, 9.17) is 4.74 Å². The molecule has 4 heteroatoms. The minimum Gasteiger partial charge on any atom is -0.508 e. The molecule has 0 aliphatic heterocycles. The van der Waals surface area contributed by atoms with Crippen molar-refractivity contribution in [3.05, 3.63) is 89.0 Å². The third-order valence-electron chi connectivity index (χ3n) is 4.97. The summed E-state index contributed by atoms with van der Waals surface area (Å²) in [6, 6.07) is 19.5. The number of phenolic OH excluding ortho intramolecular Hbond substituents is 2. The molecule has 31 heavy (non-hydrogen) atoms. The van der Waals surface area contributed by atoms with Gasteiger partial charge in [0, 0.05) is 6.07 Å². The summed E-state index contributed by atoms with van der Waals surface area (Å²) in [5.74, 6) is 0.283. The monoisotopic (exact) mass is 416 g/mol. The Hall–Kier alpha value is -3.53. The van der Waals surface area contributed by atoms with Crippen LogP contribution in [-0.4, -0.2) is 16.2 Å². The van der Waals surface area contributed by atoms with Gasteiger partial charge in [0.05, 0.1) is 5.92 Å². The summed E-state index contributed by atoms with van der Waals surface area (Å²) in [6.07, 6.45) is 4.66. The summed E-state index contributed by atoms with van der Waals surface area (Å²) in [4.78, 5) is 12.7. The molecule has 0 spiro atoms. The lowest BCUT2D eigenvalue weighted by Crippen LogP contribution is -2.16. The standard InChI is InChI=1S/C27H28O4/c1-18(2)14-21-6-10-23(11-7-21)19(3)27(30)31-26-16-22(15-25(29)17-26)5-4-20-8-12-24(28)13-9-20/h4-13,15-19,28-29H,14H2,1-3H3/t19-/m1/s1. The van der Waals surface area contributed by atoms with E-state index >= 15 is 0 Å². The summed E-state index contributed by atoms with van der Waals surface area (Å²) in [5, 5.41) is 19.4. The smallest absolute Gasteiger partial charge is 0.318 e. The normalized spacial score (nSPS) is 12.3. The van der Waals surface area contributed by atoms with E-state index in [0.717, 1.165) is 17.5 Å². The van der Waals surface area contributed by atoms with Crippen LogP contribution < -0.4 is 4.74 Å². The molecule has 0 amide bonds. The average Bonchev–Trinajstić information content (AvgIpc) is 2.72. The van der Waals surface area contributed by atoms with E-state index in [1.165, 1.54) is 11.6 Å². The Balaban J connectivity index is 1.69. The molecule has 3 rings (SSSR count). The summed E-state index contributed by atoms with van der Waals surface area (Å²) in [7, 11) is 0. The molecule has 1 atom stereocenters. The number of hydrogen-bond acceptors (Lipinski definition) is 4. The number of ether oxygens (including phenoxy) is 1. The predicted molar refractivity (Wildman–Crippen MR) is 124 cm³/mol. The maximum Gasteiger partial charge on any atom is 0.318 e. The van der Waals surface area contributed by atoms with Crippen molar-refractivity contribution in [1.29, 1.82) is 0 Å². The number of carbonyl (C=O) groups is 1. The van der Waals surface area contributed by atoms with E-state index in [1.807, 2.05) is 25.1 Å². The van der Waals surface area contributed by atoms with Gasteiger partial charge in [0.2, 0.25) is 0 Å². The number of benzene rings is 3. The second-order valence-corrected chi connectivity index (χ2v) is 8.17. The molecular weight excluding hydrogens is 388 g/mol. The first-order chi connectivity index (χ1) is 14.8. The van der Waals surface area contributed by atoms with E-state index in [-0.39, 0.29) is 17.5 Å². The SMILES string of the molecule is CC(C)Cc1ccc([C@@H](C)C(=O)Oc2cc(O)cc(C=Cc3ccc(O)cc3)c2)cc1. The number of carbonyl (C=O) groups excluding carboxylic acids is 1. The van der Waals surface area contributed by atoms with E-state index in [1.54, 1.807) is 42.5 Å². The van der Waals surface area contributed by atoms with Crippen LogP contribution in [0.15, 0.2) is 66.7 Å². The largest absolute Gasteiger partial charge is 0.508 e. The third kappa shape index (κ3) is 6.48. The molecule has 3 aromatic rings. The maximum absolute atomic E-state index is 12.7. The highest BCUT2D eigenvalue weighted by atomic mass is 16.5. The van der Waals surface area contributed by atoms with Gasteiger partial charge in [-0.25, -0.2) is 0 Å². The summed E-state index contributed by atoms with van der Waals surface area (Å²) >= 11 is 0. The molecule has 0 aliphatic carbocycles. The van der Waals surface area contributed by atoms with Gasteiger partial charge in [-0.1, -0.05) is 62.4 Å². The van der Waals surface area contributed by atoms with E-state index in [0.29, 0.717) is 17.2 Å². The van der Waals surface area contributed by atoms with Gasteiger partial charge in [-0.2, -0.15) is 0 Å². The lowest BCUT2D eigenvalue weighted by Gasteiger charge is -2.13. The molecule has 2 N–H and O–H groups in total. The van der Waals surface area contributed by atoms with Gasteiger partial charge in [-0.15, -0.1) is 0 Å². The van der Waals surface area contributed by atoms with Gasteiger partial charge in [0.25, 0.3) is 0 Å². The van der Waals surface area contributed by atoms with Crippen LogP contribution in [0, 0.1) is 5.92 Å².